The lowest BCUT2D eigenvalue weighted by molar-refractivity contribution is 0.0950. The number of hydrogen-bond donors (Lipinski definition) is 1. The Morgan fingerprint density at radius 3 is 2.31 bits per heavy atom. The van der Waals surface area contributed by atoms with E-state index in [2.05, 4.69) is 21.2 Å². The van der Waals surface area contributed by atoms with Crippen molar-refractivity contribution in [1.82, 2.24) is 9.62 Å². The molecule has 2 aromatic rings. The molecule has 2 rings (SSSR count). The van der Waals surface area contributed by atoms with Crippen molar-refractivity contribution in [3.63, 3.8) is 0 Å². The van der Waals surface area contributed by atoms with E-state index >= 15 is 0 Å². The normalized spacial score (nSPS) is 11.6. The maximum Gasteiger partial charge on any atom is 0.251 e. The molecule has 0 saturated heterocycles. The van der Waals surface area contributed by atoms with Gasteiger partial charge in [0, 0.05) is 35.2 Å². The molecule has 0 unspecified atom stereocenters. The van der Waals surface area contributed by atoms with Crippen LogP contribution < -0.4 is 5.32 Å². The van der Waals surface area contributed by atoms with Crippen molar-refractivity contribution in [2.45, 2.75) is 25.3 Å². The number of benzene rings is 2. The van der Waals surface area contributed by atoms with E-state index in [-0.39, 0.29) is 11.4 Å². The fourth-order valence-corrected chi connectivity index (χ4v) is 4.31. The van der Waals surface area contributed by atoms with Gasteiger partial charge in [0.1, 0.15) is 5.82 Å². The highest BCUT2D eigenvalue weighted by Gasteiger charge is 2.21. The SMILES string of the molecule is CCN(CC)S(=O)(=O)c1ccc(C(=O)NCc2cc(Br)ccc2F)cc1. The molecule has 0 heterocycles. The molecule has 26 heavy (non-hydrogen) atoms. The predicted molar refractivity (Wildman–Crippen MR) is 102 cm³/mol. The van der Waals surface area contributed by atoms with Gasteiger partial charge in [-0.15, -0.1) is 0 Å². The Morgan fingerprint density at radius 2 is 1.73 bits per heavy atom. The van der Waals surface area contributed by atoms with Crippen LogP contribution in [0.5, 0.6) is 0 Å². The van der Waals surface area contributed by atoms with Crippen LogP contribution in [-0.2, 0) is 16.6 Å². The van der Waals surface area contributed by atoms with Crippen molar-refractivity contribution in [1.29, 1.82) is 0 Å². The number of amides is 1. The Bertz CT molecular complexity index is 882. The van der Waals surface area contributed by atoms with Gasteiger partial charge >= 0.3 is 0 Å². The average molecular weight is 443 g/mol. The van der Waals surface area contributed by atoms with Crippen LogP contribution in [0, 0.1) is 5.82 Å². The zero-order valence-corrected chi connectivity index (χ0v) is 16.9. The summed E-state index contributed by atoms with van der Waals surface area (Å²) < 4.78 is 40.6. The molecule has 2 aromatic carbocycles. The zero-order chi connectivity index (χ0) is 19.3. The smallest absolute Gasteiger partial charge is 0.251 e. The summed E-state index contributed by atoms with van der Waals surface area (Å²) in [6.07, 6.45) is 0. The van der Waals surface area contributed by atoms with Crippen LogP contribution >= 0.6 is 15.9 Å². The first-order valence-corrected chi connectivity index (χ1v) is 10.3. The van der Waals surface area contributed by atoms with Crippen LogP contribution in [0.2, 0.25) is 0 Å². The Hall–Kier alpha value is -1.77. The number of hydrogen-bond acceptors (Lipinski definition) is 3. The van der Waals surface area contributed by atoms with Crippen LogP contribution in [0.15, 0.2) is 51.8 Å². The number of nitrogens with one attached hydrogen (secondary N) is 1. The van der Waals surface area contributed by atoms with Gasteiger partial charge in [-0.05, 0) is 42.5 Å². The maximum atomic E-state index is 13.7. The molecular weight excluding hydrogens is 423 g/mol. The predicted octanol–water partition coefficient (Wildman–Crippen LogP) is 3.55. The molecule has 1 N–H and O–H groups in total. The molecule has 140 valence electrons. The lowest BCUT2D eigenvalue weighted by Gasteiger charge is -2.18. The first-order valence-electron chi connectivity index (χ1n) is 8.12. The molecule has 0 saturated carbocycles. The van der Waals surface area contributed by atoms with E-state index < -0.39 is 21.7 Å². The van der Waals surface area contributed by atoms with E-state index in [9.17, 15) is 17.6 Å². The van der Waals surface area contributed by atoms with Crippen LogP contribution in [0.3, 0.4) is 0 Å². The molecule has 0 radical (unpaired) electrons. The standard InChI is InChI=1S/C18H20BrFN2O3S/c1-3-22(4-2)26(24,25)16-8-5-13(6-9-16)18(23)21-12-14-11-15(19)7-10-17(14)20/h5-11H,3-4,12H2,1-2H3,(H,21,23). The highest BCUT2D eigenvalue weighted by molar-refractivity contribution is 9.10. The third-order valence-corrected chi connectivity index (χ3v) is 6.46. The summed E-state index contributed by atoms with van der Waals surface area (Å²) in [5.41, 5.74) is 0.660. The van der Waals surface area contributed by atoms with Crippen molar-refractivity contribution >= 4 is 31.9 Å². The second-order valence-corrected chi connectivity index (χ2v) is 8.39. The lowest BCUT2D eigenvalue weighted by Crippen LogP contribution is -2.30. The van der Waals surface area contributed by atoms with Crippen LogP contribution in [0.25, 0.3) is 0 Å². The van der Waals surface area contributed by atoms with Gasteiger partial charge in [0.25, 0.3) is 5.91 Å². The molecule has 5 nitrogen and oxygen atoms in total. The van der Waals surface area contributed by atoms with E-state index in [4.69, 9.17) is 0 Å². The third-order valence-electron chi connectivity index (χ3n) is 3.91. The highest BCUT2D eigenvalue weighted by atomic mass is 79.9. The van der Waals surface area contributed by atoms with Gasteiger partial charge < -0.3 is 5.32 Å². The number of carbonyl (C=O) groups excluding carboxylic acids is 1. The number of halogens is 2. The van der Waals surface area contributed by atoms with Gasteiger partial charge in [-0.2, -0.15) is 4.31 Å². The molecule has 1 amide bonds. The second-order valence-electron chi connectivity index (χ2n) is 5.53. The van der Waals surface area contributed by atoms with E-state index in [1.54, 1.807) is 26.0 Å². The average Bonchev–Trinajstić information content (AvgIpc) is 2.63. The Morgan fingerprint density at radius 1 is 1.12 bits per heavy atom. The molecule has 8 heteroatoms. The first kappa shape index (κ1) is 20.5. The van der Waals surface area contributed by atoms with E-state index in [1.807, 2.05) is 0 Å². The fourth-order valence-electron chi connectivity index (χ4n) is 2.45. The van der Waals surface area contributed by atoms with Gasteiger partial charge in [-0.25, -0.2) is 12.8 Å². The summed E-state index contributed by atoms with van der Waals surface area (Å²) in [7, 11) is -3.56. The van der Waals surface area contributed by atoms with Crippen LogP contribution in [0.4, 0.5) is 4.39 Å². The molecule has 0 bridgehead atoms. The van der Waals surface area contributed by atoms with Gasteiger partial charge in [0.15, 0.2) is 0 Å². The third kappa shape index (κ3) is 4.69. The molecule has 0 aromatic heterocycles. The molecule has 0 aliphatic rings. The summed E-state index contributed by atoms with van der Waals surface area (Å²) in [5.74, 6) is -0.815. The van der Waals surface area contributed by atoms with E-state index in [0.717, 1.165) is 0 Å². The summed E-state index contributed by atoms with van der Waals surface area (Å²) in [6, 6.07) is 10.2. The molecule has 0 fully saturated rings. The topological polar surface area (TPSA) is 66.5 Å². The molecule has 0 aliphatic heterocycles. The maximum absolute atomic E-state index is 13.7. The minimum Gasteiger partial charge on any atom is -0.348 e. The number of rotatable bonds is 7. The highest BCUT2D eigenvalue weighted by Crippen LogP contribution is 2.17. The number of nitrogens with zero attached hydrogens (tertiary/aromatic N) is 1. The van der Waals surface area contributed by atoms with Crippen LogP contribution in [0.1, 0.15) is 29.8 Å². The summed E-state index contributed by atoms with van der Waals surface area (Å²) in [4.78, 5) is 12.4. The van der Waals surface area contributed by atoms with Gasteiger partial charge in [-0.1, -0.05) is 29.8 Å². The summed E-state index contributed by atoms with van der Waals surface area (Å²) in [5, 5.41) is 2.63. The Balaban J connectivity index is 2.10. The van der Waals surface area contributed by atoms with Crippen molar-refractivity contribution < 1.29 is 17.6 Å². The summed E-state index contributed by atoms with van der Waals surface area (Å²) >= 11 is 3.26. The van der Waals surface area contributed by atoms with Gasteiger partial charge in [-0.3, -0.25) is 4.79 Å². The van der Waals surface area contributed by atoms with Gasteiger partial charge in [0.2, 0.25) is 10.0 Å². The van der Waals surface area contributed by atoms with Gasteiger partial charge in [0.05, 0.1) is 4.90 Å². The van der Waals surface area contributed by atoms with Crippen molar-refractivity contribution in [3.05, 3.63) is 63.9 Å². The van der Waals surface area contributed by atoms with E-state index in [0.29, 0.717) is 28.7 Å². The summed E-state index contributed by atoms with van der Waals surface area (Å²) in [6.45, 7) is 4.32. The number of sulfonamides is 1. The Kier molecular flexibility index (Phi) is 6.91. The second kappa shape index (κ2) is 8.75. The first-order chi connectivity index (χ1) is 12.3. The fraction of sp³-hybridized carbons (Fsp3) is 0.278. The molecule has 0 aliphatic carbocycles. The van der Waals surface area contributed by atoms with E-state index in [1.165, 1.54) is 34.6 Å². The monoisotopic (exact) mass is 442 g/mol. The Labute approximate surface area is 161 Å². The van der Waals surface area contributed by atoms with Crippen LogP contribution in [-0.4, -0.2) is 31.7 Å². The lowest BCUT2D eigenvalue weighted by atomic mass is 10.2. The molecule has 0 atom stereocenters. The zero-order valence-electron chi connectivity index (χ0n) is 14.5. The number of carbonyl (C=O) groups is 1. The molecular formula is C18H20BrFN2O3S. The molecule has 0 spiro atoms. The minimum atomic E-state index is -3.56. The minimum absolute atomic E-state index is 0.0314. The van der Waals surface area contributed by atoms with Crippen molar-refractivity contribution in [2.75, 3.05) is 13.1 Å². The van der Waals surface area contributed by atoms with Crippen molar-refractivity contribution in [2.24, 2.45) is 0 Å². The van der Waals surface area contributed by atoms with Crippen molar-refractivity contribution in [3.8, 4) is 0 Å². The quantitative estimate of drug-likeness (QED) is 0.712. The largest absolute Gasteiger partial charge is 0.348 e.